The SMILES string of the molecule is CNc1nc(Nc2ccc(P3(=O)C=CN(C4CC4)C=C3)cc2OC)nc2[nH]cc(C(F)(F)F)c12. The van der Waals surface area contributed by atoms with E-state index in [0.29, 0.717) is 22.8 Å². The van der Waals surface area contributed by atoms with Crippen molar-refractivity contribution in [2.75, 3.05) is 24.8 Å². The van der Waals surface area contributed by atoms with Crippen molar-refractivity contribution in [1.82, 2.24) is 19.9 Å². The highest BCUT2D eigenvalue weighted by molar-refractivity contribution is 7.77. The minimum absolute atomic E-state index is 0.0267. The predicted molar refractivity (Wildman–Crippen MR) is 125 cm³/mol. The Morgan fingerprint density at radius 3 is 2.56 bits per heavy atom. The summed E-state index contributed by atoms with van der Waals surface area (Å²) in [5.41, 5.74) is -0.336. The molecule has 0 saturated heterocycles. The van der Waals surface area contributed by atoms with Crippen LogP contribution in [0.5, 0.6) is 5.75 Å². The minimum Gasteiger partial charge on any atom is -0.495 e. The van der Waals surface area contributed by atoms with Crippen LogP contribution in [0.3, 0.4) is 0 Å². The van der Waals surface area contributed by atoms with Crippen LogP contribution in [0.2, 0.25) is 0 Å². The molecule has 0 radical (unpaired) electrons. The number of rotatable bonds is 6. The number of H-pyrrole nitrogens is 1. The summed E-state index contributed by atoms with van der Waals surface area (Å²) in [4.78, 5) is 13.0. The molecular weight excluding hydrogens is 468 g/mol. The molecule has 1 aliphatic carbocycles. The molecule has 0 amide bonds. The Balaban J connectivity index is 1.45. The van der Waals surface area contributed by atoms with Crippen LogP contribution in [0.4, 0.5) is 30.6 Å². The Hall–Kier alpha value is -3.46. The second-order valence-corrected chi connectivity index (χ2v) is 10.6. The number of ether oxygens (including phenoxy) is 1. The summed E-state index contributed by atoms with van der Waals surface area (Å²) in [5.74, 6) is 3.96. The number of hydrogen-bond acceptors (Lipinski definition) is 7. The molecular formula is C22H22F3N6O2P. The van der Waals surface area contributed by atoms with Crippen molar-refractivity contribution in [2.24, 2.45) is 0 Å². The van der Waals surface area contributed by atoms with Crippen LogP contribution in [0.25, 0.3) is 11.0 Å². The lowest BCUT2D eigenvalue weighted by Gasteiger charge is -2.22. The number of alkyl halides is 3. The number of anilines is 3. The lowest BCUT2D eigenvalue weighted by Crippen LogP contribution is -2.15. The number of aromatic amines is 1. The maximum absolute atomic E-state index is 13.5. The Morgan fingerprint density at radius 1 is 1.21 bits per heavy atom. The van der Waals surface area contributed by atoms with E-state index < -0.39 is 18.9 Å². The van der Waals surface area contributed by atoms with Crippen molar-refractivity contribution in [3.05, 3.63) is 54.0 Å². The summed E-state index contributed by atoms with van der Waals surface area (Å²) in [6, 6.07) is 5.58. The molecule has 3 heterocycles. The van der Waals surface area contributed by atoms with Crippen LogP contribution in [0, 0.1) is 0 Å². The van der Waals surface area contributed by atoms with Gasteiger partial charge < -0.3 is 29.8 Å². The summed E-state index contributed by atoms with van der Waals surface area (Å²) in [5, 5.41) is 6.15. The topological polar surface area (TPSA) is 95.2 Å². The molecule has 0 bridgehead atoms. The molecule has 34 heavy (non-hydrogen) atoms. The fourth-order valence-electron chi connectivity index (χ4n) is 3.85. The molecule has 1 saturated carbocycles. The standard InChI is InChI=1S/C22H22F3N6O2P/c1-26-19-18-15(22(23,24)25)12-27-20(18)30-21(29-19)28-16-6-5-14(11-17(16)33-2)34(32)9-7-31(8-10-34)13-3-4-13/h5-13H,3-4H2,1-2H3,(H3,26,27,28,29,30). The first-order valence-electron chi connectivity index (χ1n) is 10.6. The van der Waals surface area contributed by atoms with Crippen LogP contribution in [-0.4, -0.2) is 40.1 Å². The van der Waals surface area contributed by atoms with Crippen LogP contribution in [-0.2, 0) is 10.7 Å². The van der Waals surface area contributed by atoms with E-state index in [-0.39, 0.29) is 22.8 Å². The van der Waals surface area contributed by atoms with Crippen LogP contribution < -0.4 is 20.7 Å². The van der Waals surface area contributed by atoms with E-state index in [9.17, 15) is 17.7 Å². The van der Waals surface area contributed by atoms with Gasteiger partial charge in [-0.25, -0.2) is 0 Å². The van der Waals surface area contributed by atoms with E-state index >= 15 is 0 Å². The first kappa shape index (κ1) is 22.3. The molecule has 0 atom stereocenters. The van der Waals surface area contributed by atoms with Crippen molar-refractivity contribution >= 4 is 40.9 Å². The van der Waals surface area contributed by atoms with E-state index in [1.165, 1.54) is 14.2 Å². The molecule has 2 aromatic heterocycles. The summed E-state index contributed by atoms with van der Waals surface area (Å²) in [6.45, 7) is 0. The number of benzene rings is 1. The molecule has 1 fully saturated rings. The number of fused-ring (bicyclic) bond motifs is 1. The number of hydrogen-bond donors (Lipinski definition) is 3. The van der Waals surface area contributed by atoms with Gasteiger partial charge in [0.05, 0.1) is 23.7 Å². The van der Waals surface area contributed by atoms with Crippen molar-refractivity contribution in [3.63, 3.8) is 0 Å². The van der Waals surface area contributed by atoms with Crippen molar-refractivity contribution in [2.45, 2.75) is 25.1 Å². The van der Waals surface area contributed by atoms with E-state index in [4.69, 9.17) is 4.74 Å². The molecule has 2 aliphatic rings. The molecule has 1 aromatic carbocycles. The third kappa shape index (κ3) is 4.00. The molecule has 5 rings (SSSR count). The van der Waals surface area contributed by atoms with Gasteiger partial charge in [0, 0.05) is 37.0 Å². The second kappa shape index (κ2) is 8.09. The first-order chi connectivity index (χ1) is 16.2. The normalized spacial score (nSPS) is 17.3. The van der Waals surface area contributed by atoms with Crippen LogP contribution in [0.1, 0.15) is 18.4 Å². The van der Waals surface area contributed by atoms with Gasteiger partial charge in [0.2, 0.25) is 5.95 Å². The zero-order valence-electron chi connectivity index (χ0n) is 18.3. The zero-order valence-corrected chi connectivity index (χ0v) is 19.2. The quantitative estimate of drug-likeness (QED) is 0.410. The summed E-state index contributed by atoms with van der Waals surface area (Å²) >= 11 is 0. The number of nitrogens with one attached hydrogen (secondary N) is 3. The average molecular weight is 490 g/mol. The molecule has 1 aliphatic heterocycles. The Morgan fingerprint density at radius 2 is 1.94 bits per heavy atom. The zero-order chi connectivity index (χ0) is 24.1. The fraction of sp³-hybridized carbons (Fsp3) is 0.273. The highest BCUT2D eigenvalue weighted by Gasteiger charge is 2.35. The highest BCUT2D eigenvalue weighted by Crippen LogP contribution is 2.51. The van der Waals surface area contributed by atoms with Gasteiger partial charge in [0.1, 0.15) is 17.2 Å². The Kier molecular flexibility index (Phi) is 5.31. The Bertz CT molecular complexity index is 1340. The van der Waals surface area contributed by atoms with Gasteiger partial charge in [-0.2, -0.15) is 23.1 Å². The van der Waals surface area contributed by atoms with Gasteiger partial charge in [-0.05, 0) is 42.7 Å². The van der Waals surface area contributed by atoms with Crippen molar-refractivity contribution in [3.8, 4) is 5.75 Å². The maximum Gasteiger partial charge on any atom is 0.418 e. The smallest absolute Gasteiger partial charge is 0.418 e. The summed E-state index contributed by atoms with van der Waals surface area (Å²) < 4.78 is 58.9. The third-order valence-corrected chi connectivity index (χ3v) is 8.04. The van der Waals surface area contributed by atoms with Gasteiger partial charge in [0.25, 0.3) is 0 Å². The van der Waals surface area contributed by atoms with Gasteiger partial charge >= 0.3 is 6.18 Å². The van der Waals surface area contributed by atoms with E-state index in [1.807, 2.05) is 12.4 Å². The Labute approximate surface area is 193 Å². The van der Waals surface area contributed by atoms with E-state index in [0.717, 1.165) is 19.0 Å². The number of halogens is 3. The van der Waals surface area contributed by atoms with Gasteiger partial charge in [-0.1, -0.05) is 0 Å². The average Bonchev–Trinajstić information content (AvgIpc) is 3.56. The fourth-order valence-corrected chi connectivity index (χ4v) is 5.63. The van der Waals surface area contributed by atoms with Gasteiger partial charge in [0.15, 0.2) is 7.14 Å². The monoisotopic (exact) mass is 490 g/mol. The number of aromatic nitrogens is 3. The number of methoxy groups -OCH3 is 1. The molecule has 178 valence electrons. The first-order valence-corrected chi connectivity index (χ1v) is 12.4. The molecule has 0 spiro atoms. The maximum atomic E-state index is 13.5. The summed E-state index contributed by atoms with van der Waals surface area (Å²) in [6.07, 6.45) is 2.32. The molecule has 3 aromatic rings. The van der Waals surface area contributed by atoms with Crippen LogP contribution >= 0.6 is 7.14 Å². The third-order valence-electron chi connectivity index (χ3n) is 5.80. The molecule has 0 unspecified atom stereocenters. The van der Waals surface area contributed by atoms with E-state index in [1.54, 1.807) is 29.8 Å². The molecule has 8 nitrogen and oxygen atoms in total. The summed E-state index contributed by atoms with van der Waals surface area (Å²) in [7, 11) is 0.0853. The van der Waals surface area contributed by atoms with Crippen molar-refractivity contribution < 1.29 is 22.5 Å². The minimum atomic E-state index is -4.55. The lowest BCUT2D eigenvalue weighted by molar-refractivity contribution is -0.136. The van der Waals surface area contributed by atoms with E-state index in [2.05, 4.69) is 30.5 Å². The second-order valence-electron chi connectivity index (χ2n) is 8.06. The van der Waals surface area contributed by atoms with Crippen LogP contribution in [0.15, 0.2) is 48.4 Å². The van der Waals surface area contributed by atoms with Gasteiger partial charge in [-0.15, -0.1) is 0 Å². The molecule has 12 heteroatoms. The highest BCUT2D eigenvalue weighted by atomic mass is 31.2. The lowest BCUT2D eigenvalue weighted by atomic mass is 10.2. The number of nitrogens with zero attached hydrogens (tertiary/aromatic N) is 3. The molecule has 3 N–H and O–H groups in total. The predicted octanol–water partition coefficient (Wildman–Crippen LogP) is 5.18. The van der Waals surface area contributed by atoms with Crippen molar-refractivity contribution in [1.29, 1.82) is 0 Å². The van der Waals surface area contributed by atoms with Gasteiger partial charge in [-0.3, -0.25) is 0 Å². The largest absolute Gasteiger partial charge is 0.495 e.